The summed E-state index contributed by atoms with van der Waals surface area (Å²) in [6.45, 7) is 6.46. The minimum absolute atomic E-state index is 0.00588. The first-order valence-electron chi connectivity index (χ1n) is 5.56. The van der Waals surface area contributed by atoms with Crippen LogP contribution in [-0.2, 0) is 9.59 Å². The Hall–Kier alpha value is -1.94. The molecule has 3 N–H and O–H groups in total. The average molecular weight is 247 g/mol. The molecule has 0 spiro atoms. The minimum atomic E-state index is -1.32. The highest BCUT2D eigenvalue weighted by atomic mass is 16.4. The highest BCUT2D eigenvalue weighted by molar-refractivity contribution is 6.04. The molecule has 1 unspecified atom stereocenters. The SMILES string of the molecule is C=C(C(=O)C(N)c1ccccc1)C(C)(C)C(=O)O. The van der Waals surface area contributed by atoms with E-state index in [0.717, 1.165) is 0 Å². The van der Waals surface area contributed by atoms with E-state index in [1.165, 1.54) is 13.8 Å². The molecule has 4 heteroatoms. The Morgan fingerprint density at radius 2 is 1.78 bits per heavy atom. The highest BCUT2D eigenvalue weighted by Crippen LogP contribution is 2.29. The van der Waals surface area contributed by atoms with Crippen LogP contribution in [0.2, 0.25) is 0 Å². The van der Waals surface area contributed by atoms with Gasteiger partial charge in [-0.2, -0.15) is 0 Å². The Labute approximate surface area is 106 Å². The van der Waals surface area contributed by atoms with Gasteiger partial charge in [0.1, 0.15) is 0 Å². The first kappa shape index (κ1) is 14.1. The Morgan fingerprint density at radius 3 is 2.22 bits per heavy atom. The molecule has 0 aromatic heterocycles. The molecule has 0 aliphatic rings. The summed E-state index contributed by atoms with van der Waals surface area (Å²) in [4.78, 5) is 23.2. The molecule has 0 radical (unpaired) electrons. The van der Waals surface area contributed by atoms with E-state index in [1.807, 2.05) is 6.07 Å². The molecule has 1 atom stereocenters. The topological polar surface area (TPSA) is 80.4 Å². The number of ketones is 1. The Balaban J connectivity index is 2.96. The van der Waals surface area contributed by atoms with Crippen molar-refractivity contribution in [3.63, 3.8) is 0 Å². The maximum absolute atomic E-state index is 12.1. The van der Waals surface area contributed by atoms with E-state index >= 15 is 0 Å². The van der Waals surface area contributed by atoms with Crippen LogP contribution in [0.25, 0.3) is 0 Å². The lowest BCUT2D eigenvalue weighted by atomic mass is 9.80. The molecular formula is C14H17NO3. The molecule has 1 aromatic carbocycles. The van der Waals surface area contributed by atoms with Gasteiger partial charge in [-0.15, -0.1) is 0 Å². The number of rotatable bonds is 5. The van der Waals surface area contributed by atoms with Crippen LogP contribution in [0.3, 0.4) is 0 Å². The lowest BCUT2D eigenvalue weighted by Gasteiger charge is -2.23. The van der Waals surface area contributed by atoms with E-state index in [9.17, 15) is 9.59 Å². The monoisotopic (exact) mass is 247 g/mol. The summed E-state index contributed by atoms with van der Waals surface area (Å²) in [5, 5.41) is 9.06. The van der Waals surface area contributed by atoms with E-state index in [2.05, 4.69) is 6.58 Å². The first-order valence-corrected chi connectivity index (χ1v) is 5.56. The van der Waals surface area contributed by atoms with Gasteiger partial charge in [0, 0.05) is 5.57 Å². The van der Waals surface area contributed by atoms with Crippen molar-refractivity contribution < 1.29 is 14.7 Å². The van der Waals surface area contributed by atoms with Crippen molar-refractivity contribution in [1.82, 2.24) is 0 Å². The molecule has 1 rings (SSSR count). The second-order valence-corrected chi connectivity index (χ2v) is 4.66. The van der Waals surface area contributed by atoms with Crippen LogP contribution in [0.1, 0.15) is 25.5 Å². The van der Waals surface area contributed by atoms with Crippen LogP contribution in [0, 0.1) is 5.41 Å². The van der Waals surface area contributed by atoms with Crippen molar-refractivity contribution in [1.29, 1.82) is 0 Å². The van der Waals surface area contributed by atoms with Crippen molar-refractivity contribution >= 4 is 11.8 Å². The number of hydrogen-bond donors (Lipinski definition) is 2. The van der Waals surface area contributed by atoms with E-state index in [1.54, 1.807) is 24.3 Å². The quantitative estimate of drug-likeness (QED) is 0.779. The number of carboxylic acid groups (broad SMARTS) is 1. The summed E-state index contributed by atoms with van der Waals surface area (Å²) >= 11 is 0. The van der Waals surface area contributed by atoms with Crippen LogP contribution in [0.15, 0.2) is 42.5 Å². The van der Waals surface area contributed by atoms with Gasteiger partial charge in [-0.1, -0.05) is 36.9 Å². The molecule has 0 fully saturated rings. The summed E-state index contributed by atoms with van der Waals surface area (Å²) in [6.07, 6.45) is 0. The highest BCUT2D eigenvalue weighted by Gasteiger charge is 2.36. The number of carbonyl (C=O) groups excluding carboxylic acids is 1. The van der Waals surface area contributed by atoms with Crippen molar-refractivity contribution in [3.8, 4) is 0 Å². The third-order valence-corrected chi connectivity index (χ3v) is 3.03. The smallest absolute Gasteiger partial charge is 0.313 e. The predicted octanol–water partition coefficient (Wildman–Crippen LogP) is 1.92. The van der Waals surface area contributed by atoms with Crippen molar-refractivity contribution in [2.45, 2.75) is 19.9 Å². The first-order chi connectivity index (χ1) is 8.28. The lowest BCUT2D eigenvalue weighted by molar-refractivity contribution is -0.146. The van der Waals surface area contributed by atoms with Crippen LogP contribution >= 0.6 is 0 Å². The molecule has 0 heterocycles. The Bertz CT molecular complexity index is 477. The van der Waals surface area contributed by atoms with Gasteiger partial charge < -0.3 is 10.8 Å². The largest absolute Gasteiger partial charge is 0.481 e. The number of hydrogen-bond acceptors (Lipinski definition) is 3. The molecule has 0 saturated heterocycles. The van der Waals surface area contributed by atoms with Crippen LogP contribution < -0.4 is 5.73 Å². The van der Waals surface area contributed by atoms with Gasteiger partial charge in [0.05, 0.1) is 11.5 Å². The van der Waals surface area contributed by atoms with Crippen LogP contribution in [0.5, 0.6) is 0 Å². The zero-order chi connectivity index (χ0) is 13.9. The molecule has 18 heavy (non-hydrogen) atoms. The maximum atomic E-state index is 12.1. The lowest BCUT2D eigenvalue weighted by Crippen LogP contribution is -2.34. The zero-order valence-corrected chi connectivity index (χ0v) is 10.5. The second-order valence-electron chi connectivity index (χ2n) is 4.66. The molecule has 96 valence electrons. The number of nitrogens with two attached hydrogens (primary N) is 1. The number of carboxylic acids is 1. The van der Waals surface area contributed by atoms with E-state index in [4.69, 9.17) is 10.8 Å². The van der Waals surface area contributed by atoms with Crippen molar-refractivity contribution in [2.24, 2.45) is 11.1 Å². The molecule has 0 aliphatic carbocycles. The Kier molecular flexibility index (Phi) is 4.03. The zero-order valence-electron chi connectivity index (χ0n) is 10.5. The van der Waals surface area contributed by atoms with Gasteiger partial charge in [0.15, 0.2) is 5.78 Å². The third-order valence-electron chi connectivity index (χ3n) is 3.03. The summed E-state index contributed by atoms with van der Waals surface area (Å²) < 4.78 is 0. The molecule has 0 bridgehead atoms. The normalized spacial score (nSPS) is 12.8. The number of Topliss-reactive ketones (excluding diaryl/α,β-unsaturated/α-hetero) is 1. The Morgan fingerprint density at radius 1 is 1.28 bits per heavy atom. The minimum Gasteiger partial charge on any atom is -0.481 e. The summed E-state index contributed by atoms with van der Waals surface area (Å²) in [5.41, 5.74) is 5.17. The van der Waals surface area contributed by atoms with E-state index in [-0.39, 0.29) is 5.57 Å². The van der Waals surface area contributed by atoms with Crippen molar-refractivity contribution in [3.05, 3.63) is 48.0 Å². The van der Waals surface area contributed by atoms with E-state index < -0.39 is 23.2 Å². The third kappa shape index (κ3) is 2.65. The summed E-state index contributed by atoms with van der Waals surface area (Å²) in [5.74, 6) is -1.55. The van der Waals surface area contributed by atoms with Gasteiger partial charge in [-0.05, 0) is 19.4 Å². The molecular weight excluding hydrogens is 230 g/mol. The van der Waals surface area contributed by atoms with Gasteiger partial charge >= 0.3 is 5.97 Å². The van der Waals surface area contributed by atoms with Gasteiger partial charge in [-0.3, -0.25) is 9.59 Å². The number of carbonyl (C=O) groups is 2. The fourth-order valence-corrected chi connectivity index (χ4v) is 1.44. The summed E-state index contributed by atoms with van der Waals surface area (Å²) in [7, 11) is 0. The van der Waals surface area contributed by atoms with E-state index in [0.29, 0.717) is 5.56 Å². The molecule has 0 aliphatic heterocycles. The summed E-state index contributed by atoms with van der Waals surface area (Å²) in [6, 6.07) is 7.93. The second kappa shape index (κ2) is 5.14. The van der Waals surface area contributed by atoms with Gasteiger partial charge in [0.2, 0.25) is 0 Å². The standard InChI is InChI=1S/C14H17NO3/c1-9(14(2,3)13(17)18)12(16)11(15)10-7-5-4-6-8-10/h4-8,11H,1,15H2,2-3H3,(H,17,18). The fraction of sp³-hybridized carbons (Fsp3) is 0.286. The molecule has 1 aromatic rings. The number of aliphatic carboxylic acids is 1. The van der Waals surface area contributed by atoms with Crippen molar-refractivity contribution in [2.75, 3.05) is 0 Å². The predicted molar refractivity (Wildman–Crippen MR) is 68.9 cm³/mol. The molecule has 0 saturated carbocycles. The fourth-order valence-electron chi connectivity index (χ4n) is 1.44. The van der Waals surface area contributed by atoms with Gasteiger partial charge in [0.25, 0.3) is 0 Å². The molecule has 0 amide bonds. The number of benzene rings is 1. The maximum Gasteiger partial charge on any atom is 0.313 e. The molecule has 4 nitrogen and oxygen atoms in total. The average Bonchev–Trinajstić information content (AvgIpc) is 2.36. The van der Waals surface area contributed by atoms with Gasteiger partial charge in [-0.25, -0.2) is 0 Å². The van der Waals surface area contributed by atoms with Crippen LogP contribution in [-0.4, -0.2) is 16.9 Å². The van der Waals surface area contributed by atoms with Crippen LogP contribution in [0.4, 0.5) is 0 Å².